The summed E-state index contributed by atoms with van der Waals surface area (Å²) in [5.41, 5.74) is 36.4. The molecule has 0 unspecified atom stereocenters. The molecule has 4 aliphatic carbocycles. The Balaban J connectivity index is 0.000000108. The zero-order valence-corrected chi connectivity index (χ0v) is 71.9. The van der Waals surface area contributed by atoms with Crippen LogP contribution in [0.4, 0.5) is 17.1 Å². The summed E-state index contributed by atoms with van der Waals surface area (Å²) in [6.07, 6.45) is 1.05. The van der Waals surface area contributed by atoms with Crippen LogP contribution in [-0.4, -0.2) is 0 Å². The van der Waals surface area contributed by atoms with Gasteiger partial charge in [-0.2, -0.15) is 0 Å². The molecule has 0 saturated heterocycles. The molecule has 0 spiro atoms. The van der Waals surface area contributed by atoms with Crippen LogP contribution in [0, 0.1) is 20.8 Å². The van der Waals surface area contributed by atoms with Gasteiger partial charge in [0.15, 0.2) is 0 Å². The van der Waals surface area contributed by atoms with Gasteiger partial charge in [0.05, 0.1) is 11.4 Å². The van der Waals surface area contributed by atoms with Gasteiger partial charge < -0.3 is 4.90 Å². The number of para-hydroxylation sites is 1. The van der Waals surface area contributed by atoms with Gasteiger partial charge in [-0.1, -0.05) is 357 Å². The molecule has 0 bridgehead atoms. The van der Waals surface area contributed by atoms with E-state index in [9.17, 15) is 0 Å². The van der Waals surface area contributed by atoms with Crippen molar-refractivity contribution in [3.63, 3.8) is 0 Å². The first-order valence-electron chi connectivity index (χ1n) is 41.0. The average Bonchev–Trinajstić information content (AvgIpc) is 1.54. The van der Waals surface area contributed by atoms with Gasteiger partial charge in [-0.15, -0.1) is 0 Å². The van der Waals surface area contributed by atoms with Gasteiger partial charge in [-0.3, -0.25) is 0 Å². The molecule has 115 heavy (non-hydrogen) atoms. The van der Waals surface area contributed by atoms with E-state index in [1.54, 1.807) is 0 Å². The van der Waals surface area contributed by atoms with E-state index >= 15 is 0 Å². The highest BCUT2D eigenvalue weighted by molar-refractivity contribution is 9.10. The van der Waals surface area contributed by atoms with Gasteiger partial charge in [0.25, 0.3) is 0 Å². The molecule has 0 N–H and O–H groups in total. The summed E-state index contributed by atoms with van der Waals surface area (Å²) in [4.78, 5) is 2.53. The van der Waals surface area contributed by atoms with E-state index in [4.69, 9.17) is 0 Å². The lowest BCUT2D eigenvalue weighted by Gasteiger charge is -2.43. The Labute approximate surface area is 696 Å². The predicted octanol–water partition coefficient (Wildman–Crippen LogP) is 31.7. The van der Waals surface area contributed by atoms with Gasteiger partial charge in [0, 0.05) is 47.1 Å². The topological polar surface area (TPSA) is 3.24 Å². The smallest absolute Gasteiger partial charge is 0.0506 e. The lowest BCUT2D eigenvalue weighted by molar-refractivity contribution is 0.606. The van der Waals surface area contributed by atoms with Crippen LogP contribution in [0.2, 0.25) is 0 Å². The Bertz CT molecular complexity index is 6830. The van der Waals surface area contributed by atoms with E-state index in [0.717, 1.165) is 15.4 Å². The van der Waals surface area contributed by atoms with Gasteiger partial charge in [0.1, 0.15) is 0 Å². The molecular formula is C112H97Br2N. The molecule has 5 aliphatic rings. The summed E-state index contributed by atoms with van der Waals surface area (Å²) in [7, 11) is 0. The summed E-state index contributed by atoms with van der Waals surface area (Å²) < 4.78 is 2.23. The summed E-state index contributed by atoms with van der Waals surface area (Å²) in [6, 6.07) is 113. The van der Waals surface area contributed by atoms with Crippen molar-refractivity contribution in [1.82, 2.24) is 0 Å². The number of aryl methyl sites for hydroxylation is 3. The standard InChI is InChI=1S/C43H35N.C26H28.C25H24.C18H10Br2/c1-26-18-20-30-31-21-19-27(23-34(31)29-13-7-6-12-28(29)33(30)22-26)44-40-17-11-10-16-37(40)43(4,5)39-24-35-32-14-8-9-15-36(32)42(2,3)38(35)25-41(39)44;1-17-11-7-9-13-21(17)25(3,4)23-16-20-19-12-8-10-14-22(19)26(5,6)24(20)15-18(23)2;1-24(2)20-11-7-5-9-16(20)13-17-14-23-19(15-22(17)24)18-10-6-8-12-21(18)25(23,3)4;19-11-5-7-15-16-8-6-12(20)10-18(16)14-4-2-1-3-13(14)17(15)9-11/h6-25H,1-5H3;7-16H,1-6H3;5-12,14-15H,13H2,1-4H3;1-10H. The minimum absolute atomic E-state index is 0.0217. The summed E-state index contributed by atoms with van der Waals surface area (Å²) in [6.45, 7) is 35.1. The highest BCUT2D eigenvalue weighted by Crippen LogP contribution is 2.60. The van der Waals surface area contributed by atoms with E-state index in [1.165, 1.54) is 210 Å². The molecule has 0 fully saturated rings. The maximum Gasteiger partial charge on any atom is 0.0506 e. The molecule has 17 aromatic rings. The third kappa shape index (κ3) is 11.6. The summed E-state index contributed by atoms with van der Waals surface area (Å²) in [5, 5.41) is 15.7. The number of benzene rings is 17. The molecule has 0 amide bonds. The number of halogens is 2. The molecule has 1 heterocycles. The van der Waals surface area contributed by atoms with Crippen molar-refractivity contribution < 1.29 is 0 Å². The van der Waals surface area contributed by atoms with Crippen LogP contribution in [0.5, 0.6) is 0 Å². The van der Waals surface area contributed by atoms with Crippen LogP contribution in [0.3, 0.4) is 0 Å². The average molecular weight is 1620 g/mol. The SMILES string of the molecule is Brc1ccc2c3ccc(Br)cc3c3ccccc3c2c1.CC1(C)c2ccccc2Cc2cc3c(cc21)-c1ccccc1C3(C)C.Cc1ccc2c3ccc(N4c5ccccc5C(C)(C)c5cc6c(cc54)C(C)(C)c4ccccc4-6)cc3c3ccccc3c2c1.Cc1ccccc1C(C)(C)c1cc2c(cc1C)C(C)(C)c1ccccc1-2. The van der Waals surface area contributed by atoms with Crippen molar-refractivity contribution in [2.45, 2.75) is 143 Å². The second kappa shape index (κ2) is 27.1. The second-order valence-corrected chi connectivity index (χ2v) is 38.2. The van der Waals surface area contributed by atoms with Crippen LogP contribution in [-0.2, 0) is 38.9 Å². The molecule has 0 saturated carbocycles. The zero-order valence-electron chi connectivity index (χ0n) is 68.8. The van der Waals surface area contributed by atoms with Gasteiger partial charge >= 0.3 is 0 Å². The highest BCUT2D eigenvalue weighted by atomic mass is 79.9. The van der Waals surface area contributed by atoms with E-state index in [1.807, 2.05) is 0 Å². The second-order valence-electron chi connectivity index (χ2n) is 36.3. The van der Waals surface area contributed by atoms with Crippen molar-refractivity contribution in [2.75, 3.05) is 4.90 Å². The van der Waals surface area contributed by atoms with Crippen molar-refractivity contribution in [2.24, 2.45) is 0 Å². The number of fused-ring (bicyclic) bond motifs is 25. The fraction of sp³-hybridized carbons (Fsp3) is 0.196. The van der Waals surface area contributed by atoms with Crippen LogP contribution in [0.25, 0.3) is 98.0 Å². The molecule has 0 aromatic heterocycles. The molecule has 1 nitrogen and oxygen atoms in total. The Hall–Kier alpha value is -10.9. The number of rotatable bonds is 3. The number of nitrogens with zero attached hydrogens (tertiary/aromatic N) is 1. The third-order valence-corrected chi connectivity index (χ3v) is 28.4. The Kier molecular flexibility index (Phi) is 17.5. The first-order chi connectivity index (χ1) is 55.1. The maximum atomic E-state index is 3.59. The van der Waals surface area contributed by atoms with Crippen molar-refractivity contribution in [3.8, 4) is 33.4 Å². The summed E-state index contributed by atoms with van der Waals surface area (Å²) >= 11 is 7.17. The third-order valence-electron chi connectivity index (χ3n) is 27.4. The molecule has 0 radical (unpaired) electrons. The fourth-order valence-corrected chi connectivity index (χ4v) is 22.1. The molecule has 22 rings (SSSR count). The number of hydrogen-bond acceptors (Lipinski definition) is 1. The lowest BCUT2D eigenvalue weighted by Crippen LogP contribution is -2.31. The monoisotopic (exact) mass is 1610 g/mol. The van der Waals surface area contributed by atoms with Crippen molar-refractivity contribution >= 4 is 114 Å². The minimum atomic E-state index is -0.142. The van der Waals surface area contributed by atoms with E-state index in [2.05, 4.69) is 444 Å². The molecule has 0 atom stereocenters. The van der Waals surface area contributed by atoms with Crippen molar-refractivity contribution in [3.05, 3.63) is 407 Å². The first kappa shape index (κ1) is 74.2. The first-order valence-corrected chi connectivity index (χ1v) is 42.6. The Morgan fingerprint density at radius 3 is 1.19 bits per heavy atom. The van der Waals surface area contributed by atoms with E-state index in [0.29, 0.717) is 0 Å². The predicted molar refractivity (Wildman–Crippen MR) is 500 cm³/mol. The molecule has 1 aliphatic heterocycles. The molecule has 17 aromatic carbocycles. The van der Waals surface area contributed by atoms with Crippen molar-refractivity contribution in [1.29, 1.82) is 0 Å². The normalized spacial score (nSPS) is 15.3. The van der Waals surface area contributed by atoms with E-state index < -0.39 is 0 Å². The highest BCUT2D eigenvalue weighted by Gasteiger charge is 2.44. The zero-order chi connectivity index (χ0) is 79.7. The van der Waals surface area contributed by atoms with Crippen LogP contribution in [0.15, 0.2) is 312 Å². The Morgan fingerprint density at radius 2 is 0.643 bits per heavy atom. The van der Waals surface area contributed by atoms with E-state index in [-0.39, 0.29) is 32.5 Å². The van der Waals surface area contributed by atoms with Gasteiger partial charge in [-0.25, -0.2) is 0 Å². The molecule has 3 heteroatoms. The van der Waals surface area contributed by atoms with Gasteiger partial charge in [-0.05, 0) is 281 Å². The van der Waals surface area contributed by atoms with Crippen LogP contribution >= 0.6 is 31.9 Å². The summed E-state index contributed by atoms with van der Waals surface area (Å²) in [5.74, 6) is 0. The Morgan fingerprint density at radius 1 is 0.252 bits per heavy atom. The largest absolute Gasteiger partial charge is 0.310 e. The lowest BCUT2D eigenvalue weighted by atomic mass is 9.67. The number of hydrogen-bond donors (Lipinski definition) is 0. The number of anilines is 3. The molecular weight excluding hydrogens is 1520 g/mol. The minimum Gasteiger partial charge on any atom is -0.310 e. The quantitative estimate of drug-likeness (QED) is 0.159. The molecule has 564 valence electrons. The maximum absolute atomic E-state index is 3.59. The van der Waals surface area contributed by atoms with Crippen LogP contribution < -0.4 is 4.90 Å². The van der Waals surface area contributed by atoms with Crippen LogP contribution in [0.1, 0.15) is 178 Å². The van der Waals surface area contributed by atoms with Gasteiger partial charge in [0.2, 0.25) is 0 Å². The fourth-order valence-electron chi connectivity index (χ4n) is 21.4.